The Bertz CT molecular complexity index is 2920. The molecule has 3 aliphatic carbocycles. The Hall–Kier alpha value is -7.53. The smallest absolute Gasteiger partial charge is 0.256 e. The minimum atomic E-state index is -2.83. The van der Waals surface area contributed by atoms with E-state index < -0.39 is 90.0 Å². The van der Waals surface area contributed by atoms with Crippen molar-refractivity contribution in [1.29, 1.82) is 0 Å². The molecule has 3 atom stereocenters. The topological polar surface area (TPSA) is 219 Å². The minimum Gasteiger partial charge on any atom is -0.385 e. The van der Waals surface area contributed by atoms with Gasteiger partial charge in [0.1, 0.15) is 34.9 Å². The molecular formula is C52H55F9N12O3. The number of fused-ring (bicyclic) bond motifs is 6. The van der Waals surface area contributed by atoms with Crippen LogP contribution in [0.2, 0.25) is 0 Å². The van der Waals surface area contributed by atoms with E-state index in [2.05, 4.69) is 31.2 Å². The number of hydrogen-bond acceptors (Lipinski definition) is 12. The van der Waals surface area contributed by atoms with E-state index >= 15 is 0 Å². The SMILES string of the molecule is C.Nc1c2c(nn1C(=O)C1CCNc3ccc(F)cc31)CCC(F)(F)C2.Nc1c2c(nn1C(=O)[C@@H]1CCNc3ccc(F)cc31)CCC(F)(F)C2.Nc1c2c(nn1C(=O)[C@H]1CCNc3ccc(F)cc31)CCC(F)(F)C2. The number of rotatable bonds is 3. The van der Waals surface area contributed by atoms with Gasteiger partial charge >= 0.3 is 0 Å². The molecule has 0 bridgehead atoms. The molecule has 0 spiro atoms. The summed E-state index contributed by atoms with van der Waals surface area (Å²) in [5.41, 5.74) is 23.6. The van der Waals surface area contributed by atoms with Gasteiger partial charge in [0.05, 0.1) is 34.8 Å². The number of carbonyl (C=O) groups excluding carboxylic acids is 3. The molecule has 3 aromatic heterocycles. The molecule has 0 fully saturated rings. The van der Waals surface area contributed by atoms with Crippen LogP contribution in [0.4, 0.5) is 74.0 Å². The third-order valence-electron chi connectivity index (χ3n) is 14.7. The average Bonchev–Trinajstić information content (AvgIpc) is 4.00. The molecule has 9 N–H and O–H groups in total. The van der Waals surface area contributed by atoms with Crippen molar-refractivity contribution in [2.75, 3.05) is 52.8 Å². The summed E-state index contributed by atoms with van der Waals surface area (Å²) in [6.07, 6.45) is -0.778. The Morgan fingerprint density at radius 3 is 1.00 bits per heavy atom. The first kappa shape index (κ1) is 53.3. The maximum absolute atomic E-state index is 13.6. The number of nitrogens with one attached hydrogen (secondary N) is 3. The van der Waals surface area contributed by atoms with Crippen molar-refractivity contribution in [3.8, 4) is 0 Å². The molecule has 0 saturated heterocycles. The van der Waals surface area contributed by atoms with Gasteiger partial charge in [-0.25, -0.2) is 39.5 Å². The fourth-order valence-corrected chi connectivity index (χ4v) is 10.8. The Labute approximate surface area is 429 Å². The zero-order valence-electron chi connectivity index (χ0n) is 40.1. The number of anilines is 6. The van der Waals surface area contributed by atoms with Crippen LogP contribution in [0, 0.1) is 17.5 Å². The van der Waals surface area contributed by atoms with Crippen LogP contribution in [-0.4, -0.2) is 84.5 Å². The second-order valence-electron chi connectivity index (χ2n) is 19.8. The van der Waals surface area contributed by atoms with Crippen molar-refractivity contribution in [1.82, 2.24) is 29.3 Å². The van der Waals surface area contributed by atoms with E-state index in [0.717, 1.165) is 14.0 Å². The van der Waals surface area contributed by atoms with E-state index in [1.54, 1.807) is 18.2 Å². The number of aryl methyl sites for hydroxylation is 3. The molecule has 404 valence electrons. The van der Waals surface area contributed by atoms with Crippen molar-refractivity contribution >= 4 is 52.2 Å². The first-order chi connectivity index (χ1) is 35.6. The minimum absolute atomic E-state index is 0. The quantitative estimate of drug-likeness (QED) is 0.0914. The third-order valence-corrected chi connectivity index (χ3v) is 14.7. The van der Waals surface area contributed by atoms with Crippen molar-refractivity contribution in [2.24, 2.45) is 0 Å². The Morgan fingerprint density at radius 2 is 0.737 bits per heavy atom. The van der Waals surface area contributed by atoms with Gasteiger partial charge in [-0.2, -0.15) is 29.3 Å². The number of halogens is 9. The lowest BCUT2D eigenvalue weighted by atomic mass is 9.90. The Kier molecular flexibility index (Phi) is 14.2. The van der Waals surface area contributed by atoms with Crippen molar-refractivity contribution in [3.63, 3.8) is 0 Å². The number of aromatic nitrogens is 6. The molecule has 15 nitrogen and oxygen atoms in total. The van der Waals surface area contributed by atoms with Gasteiger partial charge in [0.15, 0.2) is 0 Å². The lowest BCUT2D eigenvalue weighted by Gasteiger charge is -2.25. The highest BCUT2D eigenvalue weighted by Crippen LogP contribution is 2.42. The Morgan fingerprint density at radius 1 is 0.474 bits per heavy atom. The van der Waals surface area contributed by atoms with Gasteiger partial charge in [0.25, 0.3) is 35.5 Å². The lowest BCUT2D eigenvalue weighted by Crippen LogP contribution is -2.28. The van der Waals surface area contributed by atoms with Gasteiger partial charge < -0.3 is 33.2 Å². The van der Waals surface area contributed by atoms with E-state index in [-0.39, 0.29) is 80.1 Å². The standard InChI is InChI=1S/3C17H17F3N4O.CH4/c3*18-9-1-2-13-11(7-9)10(4-6-22-13)16(25)24-15(21)12-8-17(19,20)5-3-14(12)23-24;/h3*1-2,7,10,22H,3-6,8,21H2;1H4/t2*10-;;/m10../s1. The van der Waals surface area contributed by atoms with E-state index in [9.17, 15) is 53.9 Å². The second-order valence-corrected chi connectivity index (χ2v) is 19.8. The van der Waals surface area contributed by atoms with E-state index in [1.165, 1.54) is 36.4 Å². The van der Waals surface area contributed by atoms with Gasteiger partial charge in [-0.3, -0.25) is 14.4 Å². The molecule has 6 heterocycles. The summed E-state index contributed by atoms with van der Waals surface area (Å²) < 4.78 is 126. The molecule has 24 heteroatoms. The van der Waals surface area contributed by atoms with Gasteiger partial charge in [0, 0.05) is 91.9 Å². The van der Waals surface area contributed by atoms with Crippen LogP contribution in [0.15, 0.2) is 54.6 Å². The maximum Gasteiger partial charge on any atom is 0.256 e. The number of nitrogen functional groups attached to an aromatic ring is 3. The number of alkyl halides is 6. The summed E-state index contributed by atoms with van der Waals surface area (Å²) in [5, 5.41) is 21.9. The molecule has 3 aromatic carbocycles. The van der Waals surface area contributed by atoms with Crippen molar-refractivity contribution < 1.29 is 53.9 Å². The summed E-state index contributed by atoms with van der Waals surface area (Å²) in [6.45, 7) is 1.65. The summed E-state index contributed by atoms with van der Waals surface area (Å²) in [4.78, 5) is 38.9. The summed E-state index contributed by atoms with van der Waals surface area (Å²) in [5.74, 6) is -13.0. The van der Waals surface area contributed by atoms with Gasteiger partial charge in [-0.1, -0.05) is 7.43 Å². The third kappa shape index (κ3) is 10.3. The molecule has 0 radical (unpaired) electrons. The zero-order valence-corrected chi connectivity index (χ0v) is 40.1. The maximum atomic E-state index is 13.6. The Balaban J connectivity index is 0.000000138. The predicted molar refractivity (Wildman–Crippen MR) is 266 cm³/mol. The molecule has 76 heavy (non-hydrogen) atoms. The van der Waals surface area contributed by atoms with E-state index in [0.29, 0.717) is 89.7 Å². The molecule has 1 unspecified atom stereocenters. The number of benzene rings is 3. The monoisotopic (exact) mass is 1070 g/mol. The predicted octanol–water partition coefficient (Wildman–Crippen LogP) is 9.54. The molecule has 6 aliphatic rings. The first-order valence-electron chi connectivity index (χ1n) is 24.5. The number of nitrogens with two attached hydrogens (primary N) is 3. The van der Waals surface area contributed by atoms with E-state index in [1.807, 2.05) is 0 Å². The van der Waals surface area contributed by atoms with Crippen LogP contribution in [0.3, 0.4) is 0 Å². The summed E-state index contributed by atoms with van der Waals surface area (Å²) in [6, 6.07) is 12.7. The van der Waals surface area contributed by atoms with E-state index in [4.69, 9.17) is 17.2 Å². The number of hydrogen-bond donors (Lipinski definition) is 6. The fourth-order valence-electron chi connectivity index (χ4n) is 10.8. The van der Waals surface area contributed by atoms with Crippen LogP contribution in [0.25, 0.3) is 0 Å². The van der Waals surface area contributed by atoms with Gasteiger partial charge in [-0.05, 0) is 110 Å². The molecule has 12 rings (SSSR count). The van der Waals surface area contributed by atoms with Gasteiger partial charge in [0.2, 0.25) is 0 Å². The highest BCUT2D eigenvalue weighted by Gasteiger charge is 2.42. The first-order valence-corrected chi connectivity index (χ1v) is 24.5. The average molecular weight is 1070 g/mol. The van der Waals surface area contributed by atoms with Crippen molar-refractivity contribution in [2.45, 2.75) is 120 Å². The highest BCUT2D eigenvalue weighted by molar-refractivity contribution is 5.92. The molecule has 6 aromatic rings. The fraction of sp³-hybridized carbons (Fsp3) is 0.423. The lowest BCUT2D eigenvalue weighted by molar-refractivity contribution is -0.0129. The molecule has 0 saturated carbocycles. The molecular weight excluding hydrogens is 1010 g/mol. The molecule has 3 aliphatic heterocycles. The normalized spacial score (nSPS) is 20.9. The largest absolute Gasteiger partial charge is 0.385 e. The van der Waals surface area contributed by atoms with Crippen LogP contribution in [0.5, 0.6) is 0 Å². The van der Waals surface area contributed by atoms with Crippen LogP contribution >= 0.6 is 0 Å². The summed E-state index contributed by atoms with van der Waals surface area (Å²) >= 11 is 0. The van der Waals surface area contributed by atoms with Crippen molar-refractivity contribution in [3.05, 3.63) is 123 Å². The second kappa shape index (κ2) is 20.2. The van der Waals surface area contributed by atoms with Gasteiger partial charge in [-0.15, -0.1) is 0 Å². The highest BCUT2D eigenvalue weighted by atomic mass is 19.3. The molecule has 0 amide bonds. The van der Waals surface area contributed by atoms with Crippen LogP contribution in [0.1, 0.15) is 129 Å². The van der Waals surface area contributed by atoms with Crippen LogP contribution in [-0.2, 0) is 38.5 Å². The number of nitrogens with zero attached hydrogens (tertiary/aromatic N) is 6. The summed E-state index contributed by atoms with van der Waals surface area (Å²) in [7, 11) is 0. The van der Waals surface area contributed by atoms with Crippen LogP contribution < -0.4 is 33.2 Å². The number of carbonyl (C=O) groups is 3. The zero-order chi connectivity index (χ0) is 53.3.